The number of carbonyl (C=O) groups is 1. The van der Waals surface area contributed by atoms with Crippen molar-refractivity contribution in [1.29, 1.82) is 0 Å². The van der Waals surface area contributed by atoms with Crippen molar-refractivity contribution in [3.8, 4) is 0 Å². The molecule has 0 saturated carbocycles. The molecule has 2 unspecified atom stereocenters. The lowest BCUT2D eigenvalue weighted by atomic mass is 9.98. The van der Waals surface area contributed by atoms with Gasteiger partial charge in [0.05, 0.1) is 0 Å². The van der Waals surface area contributed by atoms with E-state index >= 15 is 0 Å². The van der Waals surface area contributed by atoms with Crippen LogP contribution in [0.15, 0.2) is 24.3 Å². The Labute approximate surface area is 103 Å². The summed E-state index contributed by atoms with van der Waals surface area (Å²) in [5.74, 6) is 0.129. The van der Waals surface area contributed by atoms with Crippen molar-refractivity contribution in [2.24, 2.45) is 5.73 Å². The van der Waals surface area contributed by atoms with Gasteiger partial charge in [-0.1, -0.05) is 17.7 Å². The summed E-state index contributed by atoms with van der Waals surface area (Å²) < 4.78 is 0. The number of hydrogen-bond acceptors (Lipinski definition) is 2. The molecule has 3 nitrogen and oxygen atoms in total. The van der Waals surface area contributed by atoms with Crippen LogP contribution >= 0.6 is 0 Å². The van der Waals surface area contributed by atoms with Gasteiger partial charge in [-0.15, -0.1) is 0 Å². The molecule has 2 atom stereocenters. The number of benzene rings is 1. The SMILES string of the molecule is Cc1ccc(C(=O)N2CCC(N)CC2C)cc1. The van der Waals surface area contributed by atoms with Crippen LogP contribution in [-0.4, -0.2) is 29.4 Å². The molecule has 92 valence electrons. The highest BCUT2D eigenvalue weighted by Gasteiger charge is 2.27. The second kappa shape index (κ2) is 4.88. The summed E-state index contributed by atoms with van der Waals surface area (Å²) in [5.41, 5.74) is 7.86. The van der Waals surface area contributed by atoms with Crippen LogP contribution < -0.4 is 5.73 Å². The van der Waals surface area contributed by atoms with Crippen molar-refractivity contribution in [1.82, 2.24) is 4.90 Å². The lowest BCUT2D eigenvalue weighted by Gasteiger charge is -2.36. The number of carbonyl (C=O) groups excluding carboxylic acids is 1. The van der Waals surface area contributed by atoms with E-state index in [4.69, 9.17) is 5.73 Å². The molecule has 17 heavy (non-hydrogen) atoms. The Hall–Kier alpha value is -1.35. The zero-order chi connectivity index (χ0) is 12.4. The molecule has 0 spiro atoms. The summed E-state index contributed by atoms with van der Waals surface area (Å²) in [7, 11) is 0. The zero-order valence-corrected chi connectivity index (χ0v) is 10.5. The van der Waals surface area contributed by atoms with Crippen LogP contribution in [0.4, 0.5) is 0 Å². The van der Waals surface area contributed by atoms with E-state index in [1.54, 1.807) is 0 Å². The standard InChI is InChI=1S/C14H20N2O/c1-10-3-5-12(6-4-10)14(17)16-8-7-13(15)9-11(16)2/h3-6,11,13H,7-9,15H2,1-2H3. The van der Waals surface area contributed by atoms with Crippen LogP contribution in [0.2, 0.25) is 0 Å². The number of rotatable bonds is 1. The molecule has 3 heteroatoms. The maximum atomic E-state index is 12.3. The van der Waals surface area contributed by atoms with Gasteiger partial charge in [0.1, 0.15) is 0 Å². The van der Waals surface area contributed by atoms with E-state index in [-0.39, 0.29) is 18.0 Å². The van der Waals surface area contributed by atoms with Gasteiger partial charge in [-0.3, -0.25) is 4.79 Å². The van der Waals surface area contributed by atoms with Gasteiger partial charge >= 0.3 is 0 Å². The van der Waals surface area contributed by atoms with Crippen LogP contribution in [0.3, 0.4) is 0 Å². The van der Waals surface area contributed by atoms with Crippen molar-refractivity contribution in [3.05, 3.63) is 35.4 Å². The van der Waals surface area contributed by atoms with Gasteiger partial charge in [-0.25, -0.2) is 0 Å². The largest absolute Gasteiger partial charge is 0.336 e. The van der Waals surface area contributed by atoms with Crippen molar-refractivity contribution < 1.29 is 4.79 Å². The fraction of sp³-hybridized carbons (Fsp3) is 0.500. The maximum Gasteiger partial charge on any atom is 0.254 e. The third-order valence-electron chi connectivity index (χ3n) is 3.48. The molecule has 1 aliphatic heterocycles. The van der Waals surface area contributed by atoms with E-state index in [2.05, 4.69) is 6.92 Å². The molecule has 1 fully saturated rings. The van der Waals surface area contributed by atoms with Gasteiger partial charge in [0, 0.05) is 24.2 Å². The highest BCUT2D eigenvalue weighted by Crippen LogP contribution is 2.18. The van der Waals surface area contributed by atoms with Crippen molar-refractivity contribution in [2.45, 2.75) is 38.8 Å². The van der Waals surface area contributed by atoms with Crippen LogP contribution in [0.5, 0.6) is 0 Å². The van der Waals surface area contributed by atoms with Gasteiger partial charge < -0.3 is 10.6 Å². The highest BCUT2D eigenvalue weighted by atomic mass is 16.2. The summed E-state index contributed by atoms with van der Waals surface area (Å²) in [5, 5.41) is 0. The molecule has 1 heterocycles. The molecule has 0 bridgehead atoms. The van der Waals surface area contributed by atoms with Crippen molar-refractivity contribution in [2.75, 3.05) is 6.54 Å². The Kier molecular flexibility index (Phi) is 3.48. The quantitative estimate of drug-likeness (QED) is 0.804. The number of likely N-dealkylation sites (tertiary alicyclic amines) is 1. The lowest BCUT2D eigenvalue weighted by Crippen LogP contribution is -2.48. The third kappa shape index (κ3) is 2.67. The predicted octanol–water partition coefficient (Wildman–Crippen LogP) is 1.95. The van der Waals surface area contributed by atoms with E-state index in [0.717, 1.165) is 24.9 Å². The Morgan fingerprint density at radius 3 is 2.59 bits per heavy atom. The molecule has 0 aliphatic carbocycles. The predicted molar refractivity (Wildman–Crippen MR) is 68.9 cm³/mol. The average Bonchev–Trinajstić information content (AvgIpc) is 2.29. The van der Waals surface area contributed by atoms with E-state index < -0.39 is 0 Å². The van der Waals surface area contributed by atoms with Crippen LogP contribution in [0.25, 0.3) is 0 Å². The Bertz CT molecular complexity index is 399. The maximum absolute atomic E-state index is 12.3. The van der Waals surface area contributed by atoms with Gasteiger partial charge in [0.25, 0.3) is 5.91 Å². The number of nitrogens with zero attached hydrogens (tertiary/aromatic N) is 1. The third-order valence-corrected chi connectivity index (χ3v) is 3.48. The molecular weight excluding hydrogens is 212 g/mol. The first kappa shape index (κ1) is 12.1. The Balaban J connectivity index is 2.12. The average molecular weight is 232 g/mol. The Morgan fingerprint density at radius 2 is 2.00 bits per heavy atom. The summed E-state index contributed by atoms with van der Waals surface area (Å²) >= 11 is 0. The molecule has 2 rings (SSSR count). The molecule has 0 radical (unpaired) electrons. The lowest BCUT2D eigenvalue weighted by molar-refractivity contribution is 0.0619. The van der Waals surface area contributed by atoms with Crippen LogP contribution in [0, 0.1) is 6.92 Å². The number of aryl methyl sites for hydroxylation is 1. The molecule has 2 N–H and O–H groups in total. The minimum absolute atomic E-state index is 0.129. The highest BCUT2D eigenvalue weighted by molar-refractivity contribution is 5.94. The first-order valence-corrected chi connectivity index (χ1v) is 6.21. The molecule has 0 aromatic heterocycles. The van der Waals surface area contributed by atoms with Crippen molar-refractivity contribution in [3.63, 3.8) is 0 Å². The molecule has 1 aromatic carbocycles. The number of piperidine rings is 1. The Morgan fingerprint density at radius 1 is 1.35 bits per heavy atom. The van der Waals surface area contributed by atoms with Gasteiger partial charge in [0.2, 0.25) is 0 Å². The van der Waals surface area contributed by atoms with Crippen LogP contribution in [-0.2, 0) is 0 Å². The summed E-state index contributed by atoms with van der Waals surface area (Å²) in [6.45, 7) is 4.87. The second-order valence-electron chi connectivity index (χ2n) is 5.00. The van der Waals surface area contributed by atoms with Crippen molar-refractivity contribution >= 4 is 5.91 Å². The number of amides is 1. The normalized spacial score (nSPS) is 24.8. The van der Waals surface area contributed by atoms with E-state index in [1.807, 2.05) is 36.1 Å². The van der Waals surface area contributed by atoms with E-state index in [9.17, 15) is 4.79 Å². The zero-order valence-electron chi connectivity index (χ0n) is 10.5. The molecule has 1 saturated heterocycles. The summed E-state index contributed by atoms with van der Waals surface area (Å²) in [4.78, 5) is 14.3. The number of hydrogen-bond donors (Lipinski definition) is 1. The first-order chi connectivity index (χ1) is 8.08. The molecule has 1 amide bonds. The fourth-order valence-corrected chi connectivity index (χ4v) is 2.37. The van der Waals surface area contributed by atoms with Gasteiger partial charge in [0.15, 0.2) is 0 Å². The molecule has 1 aromatic rings. The first-order valence-electron chi connectivity index (χ1n) is 6.21. The summed E-state index contributed by atoms with van der Waals surface area (Å²) in [6, 6.07) is 8.25. The fourth-order valence-electron chi connectivity index (χ4n) is 2.37. The monoisotopic (exact) mass is 232 g/mol. The van der Waals surface area contributed by atoms with E-state index in [0.29, 0.717) is 0 Å². The van der Waals surface area contributed by atoms with Gasteiger partial charge in [-0.05, 0) is 38.8 Å². The number of nitrogens with two attached hydrogens (primary N) is 1. The smallest absolute Gasteiger partial charge is 0.254 e. The molecule has 1 aliphatic rings. The molecular formula is C14H20N2O. The topological polar surface area (TPSA) is 46.3 Å². The minimum atomic E-state index is 0.129. The van der Waals surface area contributed by atoms with E-state index in [1.165, 1.54) is 5.56 Å². The minimum Gasteiger partial charge on any atom is -0.336 e. The second-order valence-corrected chi connectivity index (χ2v) is 5.00. The summed E-state index contributed by atoms with van der Waals surface area (Å²) in [6.07, 6.45) is 1.81. The van der Waals surface area contributed by atoms with Gasteiger partial charge in [-0.2, -0.15) is 0 Å². The van der Waals surface area contributed by atoms with Crippen LogP contribution in [0.1, 0.15) is 35.7 Å².